The molecule has 1 aromatic heterocycles. The van der Waals surface area contributed by atoms with Gasteiger partial charge in [0.2, 0.25) is 10.0 Å². The lowest BCUT2D eigenvalue weighted by Crippen LogP contribution is -2.43. The molecule has 2 heterocycles. The van der Waals surface area contributed by atoms with Crippen molar-refractivity contribution in [1.29, 1.82) is 0 Å². The molecule has 37 heavy (non-hydrogen) atoms. The van der Waals surface area contributed by atoms with Crippen LogP contribution in [0.3, 0.4) is 0 Å². The van der Waals surface area contributed by atoms with Crippen molar-refractivity contribution in [2.24, 2.45) is 0 Å². The predicted molar refractivity (Wildman–Crippen MR) is 136 cm³/mol. The first-order valence-electron chi connectivity index (χ1n) is 11.4. The van der Waals surface area contributed by atoms with E-state index in [0.717, 1.165) is 36.3 Å². The lowest BCUT2D eigenvalue weighted by Gasteiger charge is -2.19. The Morgan fingerprint density at radius 3 is 2.32 bits per heavy atom. The van der Waals surface area contributed by atoms with Gasteiger partial charge in [-0.1, -0.05) is 29.3 Å². The number of halogens is 2. The van der Waals surface area contributed by atoms with Crippen LogP contribution in [0.1, 0.15) is 30.7 Å². The number of aliphatic carboxylic acids is 1. The third-order valence-corrected chi connectivity index (χ3v) is 8.19. The summed E-state index contributed by atoms with van der Waals surface area (Å²) in [4.78, 5) is 26.6. The number of hydrogen-bond donors (Lipinski definition) is 2. The van der Waals surface area contributed by atoms with E-state index in [4.69, 9.17) is 23.2 Å². The van der Waals surface area contributed by atoms with E-state index < -0.39 is 40.8 Å². The van der Waals surface area contributed by atoms with E-state index in [2.05, 4.69) is 25.1 Å². The molecule has 1 saturated heterocycles. The van der Waals surface area contributed by atoms with Gasteiger partial charge in [0.05, 0.1) is 17.4 Å². The van der Waals surface area contributed by atoms with Gasteiger partial charge in [-0.05, 0) is 65.2 Å². The summed E-state index contributed by atoms with van der Waals surface area (Å²) in [7, 11) is -4.19. The molecular weight excluding hydrogens is 543 g/mol. The molecule has 1 atom stereocenters. The van der Waals surface area contributed by atoms with Gasteiger partial charge in [-0.15, -0.1) is 5.10 Å². The van der Waals surface area contributed by atoms with Crippen LogP contribution >= 0.6 is 23.2 Å². The summed E-state index contributed by atoms with van der Waals surface area (Å²) < 4.78 is 29.4. The number of anilines is 1. The average molecular weight is 567 g/mol. The van der Waals surface area contributed by atoms with Crippen molar-refractivity contribution in [3.8, 4) is 0 Å². The number of sulfonamides is 1. The summed E-state index contributed by atoms with van der Waals surface area (Å²) in [6, 6.07) is 9.71. The second-order valence-electron chi connectivity index (χ2n) is 8.56. The van der Waals surface area contributed by atoms with Crippen LogP contribution in [0.4, 0.5) is 5.69 Å². The van der Waals surface area contributed by atoms with E-state index in [0.29, 0.717) is 15.6 Å². The maximum Gasteiger partial charge on any atom is 0.305 e. The number of aromatic nitrogens is 4. The fourth-order valence-electron chi connectivity index (χ4n) is 4.05. The highest BCUT2D eigenvalue weighted by Crippen LogP contribution is 2.26. The molecule has 0 bridgehead atoms. The van der Waals surface area contributed by atoms with Crippen LogP contribution in [0.5, 0.6) is 0 Å². The first kappa shape index (κ1) is 27.0. The SMILES string of the molecule is O=C(O)CC(NS(=O)(=O)c1ccc(N2CCCC2)cc1)C(=O)Cn1nnnc1Cc1c(Cl)cccc1Cl. The van der Waals surface area contributed by atoms with E-state index in [1.54, 1.807) is 30.3 Å². The van der Waals surface area contributed by atoms with Crippen molar-refractivity contribution < 1.29 is 23.1 Å². The van der Waals surface area contributed by atoms with E-state index in [1.165, 1.54) is 12.1 Å². The maximum atomic E-state index is 13.1. The quantitative estimate of drug-likeness (QED) is 0.357. The second-order valence-corrected chi connectivity index (χ2v) is 11.1. The molecule has 0 saturated carbocycles. The second kappa shape index (κ2) is 11.5. The van der Waals surface area contributed by atoms with Gasteiger partial charge in [0.15, 0.2) is 11.6 Å². The molecule has 3 aromatic rings. The van der Waals surface area contributed by atoms with Gasteiger partial charge in [0, 0.05) is 35.2 Å². The van der Waals surface area contributed by atoms with Gasteiger partial charge in [0.1, 0.15) is 6.54 Å². The number of Topliss-reactive ketones (excluding diaryl/α,β-unsaturated/α-hetero) is 1. The number of nitrogens with zero attached hydrogens (tertiary/aromatic N) is 5. The summed E-state index contributed by atoms with van der Waals surface area (Å²) >= 11 is 12.4. The largest absolute Gasteiger partial charge is 0.481 e. The van der Waals surface area contributed by atoms with Crippen molar-refractivity contribution in [1.82, 2.24) is 24.9 Å². The zero-order valence-electron chi connectivity index (χ0n) is 19.5. The first-order chi connectivity index (χ1) is 17.6. The monoisotopic (exact) mass is 566 g/mol. The molecule has 0 aliphatic carbocycles. The molecule has 2 aromatic carbocycles. The predicted octanol–water partition coefficient (Wildman–Crippen LogP) is 2.56. The molecule has 196 valence electrons. The highest BCUT2D eigenvalue weighted by atomic mass is 35.5. The van der Waals surface area contributed by atoms with Gasteiger partial charge < -0.3 is 10.0 Å². The smallest absolute Gasteiger partial charge is 0.305 e. The minimum Gasteiger partial charge on any atom is -0.481 e. The Labute approximate surface area is 223 Å². The fraction of sp³-hybridized carbons (Fsp3) is 0.348. The number of carboxylic acid groups (broad SMARTS) is 1. The lowest BCUT2D eigenvalue weighted by molar-refractivity contribution is -0.139. The van der Waals surface area contributed by atoms with Crippen molar-refractivity contribution in [2.45, 2.75) is 43.2 Å². The molecule has 1 unspecified atom stereocenters. The molecule has 0 amide bonds. The first-order valence-corrected chi connectivity index (χ1v) is 13.7. The number of carboxylic acids is 1. The molecule has 1 fully saturated rings. The molecule has 1 aliphatic rings. The summed E-state index contributed by atoms with van der Waals surface area (Å²) in [6.45, 7) is 1.35. The number of carbonyl (C=O) groups excluding carboxylic acids is 1. The van der Waals surface area contributed by atoms with Crippen molar-refractivity contribution in [3.05, 3.63) is 63.9 Å². The van der Waals surface area contributed by atoms with Crippen LogP contribution in [0.2, 0.25) is 10.0 Å². The third-order valence-electron chi connectivity index (χ3n) is 5.99. The number of rotatable bonds is 11. The highest BCUT2D eigenvalue weighted by molar-refractivity contribution is 7.89. The lowest BCUT2D eigenvalue weighted by atomic mass is 10.1. The van der Waals surface area contributed by atoms with E-state index in [9.17, 15) is 23.1 Å². The Bertz CT molecular complexity index is 1370. The number of benzene rings is 2. The summed E-state index contributed by atoms with van der Waals surface area (Å²) in [5.74, 6) is -1.82. The summed E-state index contributed by atoms with van der Waals surface area (Å²) in [5, 5.41) is 21.4. The van der Waals surface area contributed by atoms with Gasteiger partial charge in [0.25, 0.3) is 0 Å². The fourth-order valence-corrected chi connectivity index (χ4v) is 5.80. The molecule has 11 nitrogen and oxygen atoms in total. The van der Waals surface area contributed by atoms with Crippen molar-refractivity contribution in [2.75, 3.05) is 18.0 Å². The number of ketones is 1. The van der Waals surface area contributed by atoms with Gasteiger partial charge >= 0.3 is 5.97 Å². The van der Waals surface area contributed by atoms with Crippen LogP contribution in [0.15, 0.2) is 47.4 Å². The Morgan fingerprint density at radius 2 is 1.70 bits per heavy atom. The van der Waals surface area contributed by atoms with E-state index in [-0.39, 0.29) is 17.1 Å². The minimum absolute atomic E-state index is 0.0740. The topological polar surface area (TPSA) is 147 Å². The van der Waals surface area contributed by atoms with Crippen LogP contribution in [0.25, 0.3) is 0 Å². The number of hydrogen-bond acceptors (Lipinski definition) is 8. The third kappa shape index (κ3) is 6.63. The van der Waals surface area contributed by atoms with Crippen LogP contribution in [-0.4, -0.2) is 64.6 Å². The van der Waals surface area contributed by atoms with E-state index in [1.807, 2.05) is 0 Å². The molecule has 1 aliphatic heterocycles. The Balaban J connectivity index is 1.50. The molecule has 4 rings (SSSR count). The zero-order valence-corrected chi connectivity index (χ0v) is 21.9. The van der Waals surface area contributed by atoms with Crippen LogP contribution in [0, 0.1) is 0 Å². The van der Waals surface area contributed by atoms with Crippen molar-refractivity contribution >= 4 is 50.7 Å². The number of tetrazole rings is 1. The van der Waals surface area contributed by atoms with E-state index >= 15 is 0 Å². The molecule has 0 radical (unpaired) electrons. The zero-order chi connectivity index (χ0) is 26.6. The molecule has 2 N–H and O–H groups in total. The van der Waals surface area contributed by atoms with Crippen molar-refractivity contribution in [3.63, 3.8) is 0 Å². The van der Waals surface area contributed by atoms with Gasteiger partial charge in [-0.2, -0.15) is 4.72 Å². The van der Waals surface area contributed by atoms with Crippen LogP contribution < -0.4 is 9.62 Å². The number of carbonyl (C=O) groups is 2. The van der Waals surface area contributed by atoms with Gasteiger partial charge in [-0.25, -0.2) is 13.1 Å². The average Bonchev–Trinajstić information content (AvgIpc) is 3.53. The minimum atomic E-state index is -4.19. The molecule has 14 heteroatoms. The Morgan fingerprint density at radius 1 is 1.05 bits per heavy atom. The highest BCUT2D eigenvalue weighted by Gasteiger charge is 2.29. The molecule has 0 spiro atoms. The molecular formula is C23H24Cl2N6O5S. The number of nitrogens with one attached hydrogen (secondary N) is 1. The summed E-state index contributed by atoms with van der Waals surface area (Å²) in [6.07, 6.45) is 1.51. The Hall–Kier alpha value is -3.06. The van der Waals surface area contributed by atoms with Gasteiger partial charge in [-0.3, -0.25) is 9.59 Å². The maximum absolute atomic E-state index is 13.1. The summed E-state index contributed by atoms with van der Waals surface area (Å²) in [5.41, 5.74) is 1.45. The normalized spacial score (nSPS) is 14.6. The standard InChI is InChI=1S/C23H24Cl2N6O5S/c24-18-4-3-5-19(25)17(18)12-22-26-28-29-31(22)14-21(32)20(13-23(33)34)27-37(35,36)16-8-6-15(7-9-16)30-10-1-2-11-30/h3-9,20,27H,1-2,10-14H2,(H,33,34). The Kier molecular flexibility index (Phi) is 8.42. The van der Waals surface area contributed by atoms with Crippen LogP contribution in [-0.2, 0) is 32.6 Å².